The van der Waals surface area contributed by atoms with E-state index in [0.717, 1.165) is 19.8 Å². The highest BCUT2D eigenvalue weighted by atomic mass is 31.1. The van der Waals surface area contributed by atoms with Gasteiger partial charge in [0.2, 0.25) is 0 Å². The molecule has 1 fully saturated rings. The first-order chi connectivity index (χ1) is 12.8. The molecule has 134 valence electrons. The zero-order valence-corrected chi connectivity index (χ0v) is 15.5. The molecule has 0 atom stereocenters. The normalized spacial score (nSPS) is 18.3. The van der Waals surface area contributed by atoms with Gasteiger partial charge in [-0.05, 0) is 66.5 Å². The largest absolute Gasteiger partial charge is 0.328 e. The van der Waals surface area contributed by atoms with Crippen LogP contribution in [0.2, 0.25) is 0 Å². The third-order valence-electron chi connectivity index (χ3n) is 5.15. The van der Waals surface area contributed by atoms with E-state index >= 15 is 0 Å². The summed E-state index contributed by atoms with van der Waals surface area (Å²) in [5, 5.41) is 9.97. The van der Waals surface area contributed by atoms with Crippen molar-refractivity contribution in [3.05, 3.63) is 65.5 Å². The van der Waals surface area contributed by atoms with Gasteiger partial charge in [0.15, 0.2) is 0 Å². The van der Waals surface area contributed by atoms with Crippen LogP contribution in [-0.4, -0.2) is 33.0 Å². The van der Waals surface area contributed by atoms with Crippen LogP contribution < -0.4 is 5.48 Å². The Morgan fingerprint density at radius 2 is 1.96 bits per heavy atom. The van der Waals surface area contributed by atoms with Gasteiger partial charge in [-0.1, -0.05) is 12.1 Å². The maximum Gasteiger partial charge on any atom is 0.274 e. The molecule has 1 aromatic carbocycles. The number of fused-ring (bicyclic) bond motifs is 1. The van der Waals surface area contributed by atoms with Gasteiger partial charge in [0.1, 0.15) is 5.65 Å². The van der Waals surface area contributed by atoms with Crippen molar-refractivity contribution in [2.75, 3.05) is 12.3 Å². The number of rotatable bonds is 4. The molecule has 1 saturated heterocycles. The monoisotopic (exact) mass is 367 g/mol. The number of hydrogen-bond donors (Lipinski definition) is 2. The SMILES string of the molecule is O=C(NO)c1ccc(Cn2ccc3c(C4CCPCC4)ccnc32)cc1. The van der Waals surface area contributed by atoms with Gasteiger partial charge in [-0.3, -0.25) is 10.0 Å². The molecular formula is C20H22N3O2P. The number of hydroxylamine groups is 1. The molecular weight excluding hydrogens is 345 g/mol. The number of aromatic nitrogens is 2. The Labute approximate surface area is 154 Å². The smallest absolute Gasteiger partial charge is 0.274 e. The molecule has 0 bridgehead atoms. The summed E-state index contributed by atoms with van der Waals surface area (Å²) in [6.07, 6.45) is 9.31. The van der Waals surface area contributed by atoms with E-state index < -0.39 is 5.91 Å². The quantitative estimate of drug-likeness (QED) is 0.419. The predicted octanol–water partition coefficient (Wildman–Crippen LogP) is 3.76. The molecule has 5 nitrogen and oxygen atoms in total. The van der Waals surface area contributed by atoms with Crippen molar-refractivity contribution >= 4 is 25.5 Å². The topological polar surface area (TPSA) is 67.2 Å². The minimum Gasteiger partial charge on any atom is -0.328 e. The van der Waals surface area contributed by atoms with Gasteiger partial charge >= 0.3 is 0 Å². The molecule has 1 amide bonds. The molecule has 0 unspecified atom stereocenters. The second-order valence-corrected chi connectivity index (χ2v) is 8.24. The lowest BCUT2D eigenvalue weighted by atomic mass is 9.92. The Morgan fingerprint density at radius 1 is 1.19 bits per heavy atom. The Balaban J connectivity index is 1.60. The summed E-state index contributed by atoms with van der Waals surface area (Å²) in [6.45, 7) is 0.701. The first-order valence-electron chi connectivity index (χ1n) is 8.94. The standard InChI is InChI=1S/C20H22N3O2P/c24-20(22-25)16-3-1-14(2-4-16)13-23-10-6-18-17(5-9-21-19(18)23)15-7-11-26-12-8-15/h1-6,9-10,15,25-26H,7-8,11-13H2,(H,22,24). The van der Waals surface area contributed by atoms with Gasteiger partial charge in [-0.25, -0.2) is 10.5 Å². The molecule has 0 spiro atoms. The van der Waals surface area contributed by atoms with E-state index in [4.69, 9.17) is 5.21 Å². The summed E-state index contributed by atoms with van der Waals surface area (Å²) in [6, 6.07) is 11.6. The molecule has 2 N–H and O–H groups in total. The average molecular weight is 367 g/mol. The summed E-state index contributed by atoms with van der Waals surface area (Å²) in [5.41, 5.74) is 5.64. The van der Waals surface area contributed by atoms with E-state index in [1.165, 1.54) is 36.1 Å². The summed E-state index contributed by atoms with van der Waals surface area (Å²) in [7, 11) is 1.13. The van der Waals surface area contributed by atoms with Crippen LogP contribution >= 0.6 is 8.58 Å². The Morgan fingerprint density at radius 3 is 2.69 bits per heavy atom. The first-order valence-corrected chi connectivity index (χ1v) is 10.4. The van der Waals surface area contributed by atoms with Gasteiger partial charge in [0.05, 0.1) is 0 Å². The first kappa shape index (κ1) is 17.2. The van der Waals surface area contributed by atoms with E-state index in [0.29, 0.717) is 18.0 Å². The highest BCUT2D eigenvalue weighted by Gasteiger charge is 2.19. The fourth-order valence-corrected chi connectivity index (χ4v) is 5.11. The summed E-state index contributed by atoms with van der Waals surface area (Å²) in [4.78, 5) is 16.0. The van der Waals surface area contributed by atoms with Crippen LogP contribution in [0.5, 0.6) is 0 Å². The molecule has 1 aliphatic heterocycles. The Kier molecular flexibility index (Phi) is 5.00. The lowest BCUT2D eigenvalue weighted by Crippen LogP contribution is -2.18. The zero-order chi connectivity index (χ0) is 17.9. The number of nitrogens with one attached hydrogen (secondary N) is 1. The minimum atomic E-state index is -0.498. The lowest BCUT2D eigenvalue weighted by Gasteiger charge is -2.22. The van der Waals surface area contributed by atoms with Crippen LogP contribution in [0.15, 0.2) is 48.8 Å². The summed E-state index contributed by atoms with van der Waals surface area (Å²) in [5.74, 6) is 0.163. The second kappa shape index (κ2) is 7.56. The van der Waals surface area contributed by atoms with Crippen LogP contribution in [0.25, 0.3) is 11.0 Å². The highest BCUT2D eigenvalue weighted by Crippen LogP contribution is 2.37. The van der Waals surface area contributed by atoms with Gasteiger partial charge in [0, 0.05) is 29.9 Å². The van der Waals surface area contributed by atoms with Crippen molar-refractivity contribution in [1.82, 2.24) is 15.0 Å². The molecule has 4 rings (SSSR count). The Hall–Kier alpha value is -2.23. The molecule has 26 heavy (non-hydrogen) atoms. The van der Waals surface area contributed by atoms with Crippen molar-refractivity contribution < 1.29 is 10.0 Å². The molecule has 0 saturated carbocycles. The van der Waals surface area contributed by atoms with Crippen molar-refractivity contribution in [3.8, 4) is 0 Å². The molecule has 3 heterocycles. The van der Waals surface area contributed by atoms with Crippen molar-refractivity contribution in [2.24, 2.45) is 0 Å². The van der Waals surface area contributed by atoms with Gasteiger partial charge in [0.25, 0.3) is 5.91 Å². The highest BCUT2D eigenvalue weighted by molar-refractivity contribution is 7.38. The van der Waals surface area contributed by atoms with Gasteiger partial charge in [-0.2, -0.15) is 0 Å². The van der Waals surface area contributed by atoms with Crippen LogP contribution in [0.4, 0.5) is 0 Å². The van der Waals surface area contributed by atoms with Crippen molar-refractivity contribution in [1.29, 1.82) is 0 Å². The van der Waals surface area contributed by atoms with Crippen LogP contribution in [0.1, 0.15) is 40.2 Å². The summed E-state index contributed by atoms with van der Waals surface area (Å²) < 4.78 is 2.16. The van der Waals surface area contributed by atoms with Crippen molar-refractivity contribution in [2.45, 2.75) is 25.3 Å². The van der Waals surface area contributed by atoms with E-state index in [1.807, 2.05) is 18.3 Å². The number of nitrogens with zero attached hydrogens (tertiary/aromatic N) is 2. The molecule has 3 aromatic rings. The Bertz CT molecular complexity index is 914. The van der Waals surface area contributed by atoms with Gasteiger partial charge in [-0.15, -0.1) is 8.58 Å². The van der Waals surface area contributed by atoms with Crippen molar-refractivity contribution in [3.63, 3.8) is 0 Å². The number of pyridine rings is 1. The maximum atomic E-state index is 11.4. The van der Waals surface area contributed by atoms with Crippen LogP contribution in [0.3, 0.4) is 0 Å². The predicted molar refractivity (Wildman–Crippen MR) is 105 cm³/mol. The van der Waals surface area contributed by atoms with Crippen LogP contribution in [0, 0.1) is 0 Å². The lowest BCUT2D eigenvalue weighted by molar-refractivity contribution is 0.0706. The molecule has 2 aromatic heterocycles. The molecule has 0 aliphatic carbocycles. The number of benzene rings is 1. The molecule has 0 radical (unpaired) electrons. The number of amides is 1. The van der Waals surface area contributed by atoms with E-state index in [-0.39, 0.29) is 0 Å². The van der Waals surface area contributed by atoms with E-state index in [1.54, 1.807) is 17.6 Å². The van der Waals surface area contributed by atoms with E-state index in [2.05, 4.69) is 27.9 Å². The maximum absolute atomic E-state index is 11.4. The minimum absolute atomic E-state index is 0.437. The van der Waals surface area contributed by atoms with E-state index in [9.17, 15) is 4.79 Å². The molecule has 1 aliphatic rings. The third kappa shape index (κ3) is 3.37. The average Bonchev–Trinajstić information content (AvgIpc) is 3.11. The number of carbonyl (C=O) groups excluding carboxylic acids is 1. The third-order valence-corrected chi connectivity index (χ3v) is 6.43. The second-order valence-electron chi connectivity index (χ2n) is 6.74. The number of carbonyl (C=O) groups is 1. The van der Waals surface area contributed by atoms with Gasteiger partial charge < -0.3 is 4.57 Å². The fraction of sp³-hybridized carbons (Fsp3) is 0.300. The van der Waals surface area contributed by atoms with Crippen LogP contribution in [-0.2, 0) is 6.54 Å². The molecule has 6 heteroatoms. The number of hydrogen-bond acceptors (Lipinski definition) is 3. The zero-order valence-electron chi connectivity index (χ0n) is 14.5. The fourth-order valence-electron chi connectivity index (χ4n) is 3.75. The summed E-state index contributed by atoms with van der Waals surface area (Å²) >= 11 is 0.